The SMILES string of the molecule is CC(Cl)CC(C)NC(=O)c1ccc2c(c1)CCC2. The van der Waals surface area contributed by atoms with Crippen molar-refractivity contribution in [1.82, 2.24) is 5.32 Å². The number of hydrogen-bond acceptors (Lipinski definition) is 1. The van der Waals surface area contributed by atoms with Gasteiger partial charge in [-0.3, -0.25) is 4.79 Å². The molecule has 1 aliphatic carbocycles. The van der Waals surface area contributed by atoms with E-state index >= 15 is 0 Å². The van der Waals surface area contributed by atoms with Crippen LogP contribution in [0.5, 0.6) is 0 Å². The van der Waals surface area contributed by atoms with Gasteiger partial charge in [0.25, 0.3) is 5.91 Å². The summed E-state index contributed by atoms with van der Waals surface area (Å²) in [4.78, 5) is 12.1. The molecule has 18 heavy (non-hydrogen) atoms. The van der Waals surface area contributed by atoms with Gasteiger partial charge in [0.1, 0.15) is 0 Å². The summed E-state index contributed by atoms with van der Waals surface area (Å²) in [5, 5.41) is 3.08. The Morgan fingerprint density at radius 2 is 2.06 bits per heavy atom. The molecule has 0 aromatic heterocycles. The molecular formula is C15H20ClNO. The molecule has 98 valence electrons. The molecule has 1 aliphatic rings. The molecule has 0 saturated heterocycles. The minimum absolute atomic E-state index is 0.00881. The van der Waals surface area contributed by atoms with Gasteiger partial charge in [-0.25, -0.2) is 0 Å². The number of halogens is 1. The zero-order valence-electron chi connectivity index (χ0n) is 11.0. The fraction of sp³-hybridized carbons (Fsp3) is 0.533. The van der Waals surface area contributed by atoms with Crippen molar-refractivity contribution in [3.05, 3.63) is 34.9 Å². The van der Waals surface area contributed by atoms with Gasteiger partial charge in [0.2, 0.25) is 0 Å². The number of amides is 1. The first-order valence-electron chi connectivity index (χ1n) is 6.63. The van der Waals surface area contributed by atoms with Crippen LogP contribution in [-0.4, -0.2) is 17.3 Å². The van der Waals surface area contributed by atoms with Crippen LogP contribution in [0.1, 0.15) is 48.2 Å². The second kappa shape index (κ2) is 5.75. The molecule has 0 bridgehead atoms. The molecule has 1 aromatic carbocycles. The molecule has 0 fully saturated rings. The largest absolute Gasteiger partial charge is 0.350 e. The van der Waals surface area contributed by atoms with Gasteiger partial charge in [0.05, 0.1) is 0 Å². The van der Waals surface area contributed by atoms with Crippen LogP contribution in [0, 0.1) is 0 Å². The maximum atomic E-state index is 12.1. The number of carbonyl (C=O) groups excluding carboxylic acids is 1. The zero-order chi connectivity index (χ0) is 13.1. The highest BCUT2D eigenvalue weighted by Gasteiger charge is 2.15. The van der Waals surface area contributed by atoms with Crippen LogP contribution < -0.4 is 5.32 Å². The predicted molar refractivity (Wildman–Crippen MR) is 75.3 cm³/mol. The van der Waals surface area contributed by atoms with Gasteiger partial charge < -0.3 is 5.32 Å². The molecule has 0 radical (unpaired) electrons. The van der Waals surface area contributed by atoms with Crippen LogP contribution in [-0.2, 0) is 12.8 Å². The Hall–Kier alpha value is -1.02. The van der Waals surface area contributed by atoms with Gasteiger partial charge >= 0.3 is 0 Å². The van der Waals surface area contributed by atoms with E-state index in [1.165, 1.54) is 17.5 Å². The normalized spacial score (nSPS) is 17.1. The molecule has 1 amide bonds. The summed E-state index contributed by atoms with van der Waals surface area (Å²) < 4.78 is 0. The summed E-state index contributed by atoms with van der Waals surface area (Å²) in [6.07, 6.45) is 4.25. The van der Waals surface area contributed by atoms with Crippen LogP contribution in [0.4, 0.5) is 0 Å². The summed E-state index contributed by atoms with van der Waals surface area (Å²) in [6, 6.07) is 6.16. The summed E-state index contributed by atoms with van der Waals surface area (Å²) >= 11 is 5.93. The number of benzene rings is 1. The molecule has 1 N–H and O–H groups in total. The number of hydrogen-bond donors (Lipinski definition) is 1. The van der Waals surface area contributed by atoms with Crippen LogP contribution in [0.2, 0.25) is 0 Å². The third-order valence-electron chi connectivity index (χ3n) is 3.42. The van der Waals surface area contributed by atoms with Crippen molar-refractivity contribution in [3.8, 4) is 0 Å². The Bertz CT molecular complexity index is 442. The topological polar surface area (TPSA) is 29.1 Å². The van der Waals surface area contributed by atoms with E-state index in [0.717, 1.165) is 24.8 Å². The molecule has 0 heterocycles. The lowest BCUT2D eigenvalue weighted by Crippen LogP contribution is -2.33. The van der Waals surface area contributed by atoms with Gasteiger partial charge in [-0.2, -0.15) is 0 Å². The summed E-state index contributed by atoms with van der Waals surface area (Å²) in [5.41, 5.74) is 3.50. The Labute approximate surface area is 114 Å². The third-order valence-corrected chi connectivity index (χ3v) is 3.59. The lowest BCUT2D eigenvalue weighted by Gasteiger charge is -2.15. The fourth-order valence-corrected chi connectivity index (χ4v) is 2.83. The highest BCUT2D eigenvalue weighted by Crippen LogP contribution is 2.22. The van der Waals surface area contributed by atoms with Gasteiger partial charge in [0, 0.05) is 17.0 Å². The van der Waals surface area contributed by atoms with Crippen molar-refractivity contribution >= 4 is 17.5 Å². The first-order valence-corrected chi connectivity index (χ1v) is 7.06. The lowest BCUT2D eigenvalue weighted by molar-refractivity contribution is 0.0938. The van der Waals surface area contributed by atoms with E-state index < -0.39 is 0 Å². The number of nitrogens with one attached hydrogen (secondary N) is 1. The molecular weight excluding hydrogens is 246 g/mol. The summed E-state index contributed by atoms with van der Waals surface area (Å²) in [6.45, 7) is 3.93. The fourth-order valence-electron chi connectivity index (χ4n) is 2.57. The van der Waals surface area contributed by atoms with E-state index in [4.69, 9.17) is 11.6 Å². The molecule has 0 spiro atoms. The molecule has 3 heteroatoms. The minimum atomic E-state index is 0.00881. The number of fused-ring (bicyclic) bond motifs is 1. The Balaban J connectivity index is 2.01. The predicted octanol–water partition coefficient (Wildman–Crippen LogP) is 3.31. The summed E-state index contributed by atoms with van der Waals surface area (Å²) in [7, 11) is 0. The van der Waals surface area contributed by atoms with Gasteiger partial charge in [-0.05, 0) is 62.8 Å². The average Bonchev–Trinajstić information content (AvgIpc) is 2.74. The van der Waals surface area contributed by atoms with Crippen molar-refractivity contribution in [2.24, 2.45) is 0 Å². The molecule has 2 rings (SSSR count). The smallest absolute Gasteiger partial charge is 0.251 e. The van der Waals surface area contributed by atoms with E-state index in [-0.39, 0.29) is 17.3 Å². The first kappa shape index (κ1) is 13.4. The maximum Gasteiger partial charge on any atom is 0.251 e. The van der Waals surface area contributed by atoms with Gasteiger partial charge in [-0.15, -0.1) is 11.6 Å². The Morgan fingerprint density at radius 3 is 2.78 bits per heavy atom. The van der Waals surface area contributed by atoms with Crippen LogP contribution in [0.15, 0.2) is 18.2 Å². The van der Waals surface area contributed by atoms with Crippen LogP contribution in [0.25, 0.3) is 0 Å². The minimum Gasteiger partial charge on any atom is -0.350 e. The Kier molecular flexibility index (Phi) is 4.28. The van der Waals surface area contributed by atoms with Crippen molar-refractivity contribution in [2.45, 2.75) is 50.9 Å². The van der Waals surface area contributed by atoms with Gasteiger partial charge in [0.15, 0.2) is 0 Å². The first-order chi connectivity index (χ1) is 8.56. The standard InChI is InChI=1S/C15H20ClNO/c1-10(16)8-11(2)17-15(18)14-7-6-12-4-3-5-13(12)9-14/h6-7,9-11H,3-5,8H2,1-2H3,(H,17,18). The highest BCUT2D eigenvalue weighted by molar-refractivity contribution is 6.20. The molecule has 2 nitrogen and oxygen atoms in total. The number of carbonyl (C=O) groups is 1. The van der Waals surface area contributed by atoms with E-state index in [1.54, 1.807) is 0 Å². The third kappa shape index (κ3) is 3.26. The van der Waals surface area contributed by atoms with Crippen LogP contribution >= 0.6 is 11.6 Å². The zero-order valence-corrected chi connectivity index (χ0v) is 11.8. The molecule has 2 atom stereocenters. The highest BCUT2D eigenvalue weighted by atomic mass is 35.5. The molecule has 1 aromatic rings. The number of rotatable bonds is 4. The van der Waals surface area contributed by atoms with E-state index in [0.29, 0.717) is 0 Å². The average molecular weight is 266 g/mol. The van der Waals surface area contributed by atoms with Crippen molar-refractivity contribution in [2.75, 3.05) is 0 Å². The van der Waals surface area contributed by atoms with Gasteiger partial charge in [-0.1, -0.05) is 6.07 Å². The van der Waals surface area contributed by atoms with E-state index in [1.807, 2.05) is 26.0 Å². The van der Waals surface area contributed by atoms with Crippen LogP contribution in [0.3, 0.4) is 0 Å². The second-order valence-electron chi connectivity index (χ2n) is 5.23. The number of alkyl halides is 1. The molecule has 0 saturated carbocycles. The van der Waals surface area contributed by atoms with Crippen molar-refractivity contribution in [1.29, 1.82) is 0 Å². The second-order valence-corrected chi connectivity index (χ2v) is 5.97. The molecule has 2 unspecified atom stereocenters. The lowest BCUT2D eigenvalue weighted by atomic mass is 10.1. The quantitative estimate of drug-likeness (QED) is 0.832. The Morgan fingerprint density at radius 1 is 1.33 bits per heavy atom. The molecule has 0 aliphatic heterocycles. The summed E-state index contributed by atoms with van der Waals surface area (Å²) in [5.74, 6) is 0.00881. The van der Waals surface area contributed by atoms with E-state index in [9.17, 15) is 4.79 Å². The van der Waals surface area contributed by atoms with Crippen molar-refractivity contribution in [3.63, 3.8) is 0 Å². The maximum absolute atomic E-state index is 12.1. The van der Waals surface area contributed by atoms with E-state index in [2.05, 4.69) is 11.4 Å². The monoisotopic (exact) mass is 265 g/mol. The number of aryl methyl sites for hydroxylation is 2. The van der Waals surface area contributed by atoms with Crippen molar-refractivity contribution < 1.29 is 4.79 Å².